The van der Waals surface area contributed by atoms with Gasteiger partial charge in [0, 0.05) is 36.4 Å². The van der Waals surface area contributed by atoms with Crippen molar-refractivity contribution in [2.45, 2.75) is 6.54 Å². The number of nitrogens with zero attached hydrogens (tertiary/aromatic N) is 6. The van der Waals surface area contributed by atoms with E-state index in [0.29, 0.717) is 12.2 Å². The topological polar surface area (TPSA) is 78.0 Å². The van der Waals surface area contributed by atoms with Crippen molar-refractivity contribution in [3.05, 3.63) is 101 Å². The van der Waals surface area contributed by atoms with E-state index in [9.17, 15) is 4.79 Å². The average Bonchev–Trinajstić information content (AvgIpc) is 3.16. The highest BCUT2D eigenvalue weighted by atomic mass is 16.1. The SMILES string of the molecule is O=c1ccc(-c2c(-c3ccccc3)nn3ccncc23)nn1Cc1cccnc1. The molecule has 140 valence electrons. The summed E-state index contributed by atoms with van der Waals surface area (Å²) in [4.78, 5) is 20.8. The highest BCUT2D eigenvalue weighted by Crippen LogP contribution is 2.33. The van der Waals surface area contributed by atoms with Gasteiger partial charge in [0.05, 0.1) is 29.5 Å². The lowest BCUT2D eigenvalue weighted by Crippen LogP contribution is -2.22. The van der Waals surface area contributed by atoms with Crippen molar-refractivity contribution in [3.8, 4) is 22.5 Å². The molecular formula is C22H16N6O. The van der Waals surface area contributed by atoms with Crippen LogP contribution in [0.3, 0.4) is 0 Å². The first-order valence-corrected chi connectivity index (χ1v) is 9.15. The summed E-state index contributed by atoms with van der Waals surface area (Å²) in [6.07, 6.45) is 8.68. The molecule has 0 aliphatic heterocycles. The van der Waals surface area contributed by atoms with Crippen LogP contribution in [0.4, 0.5) is 0 Å². The predicted octanol–water partition coefficient (Wildman–Crippen LogP) is 3.06. The molecule has 0 saturated heterocycles. The van der Waals surface area contributed by atoms with Gasteiger partial charge in [0.2, 0.25) is 0 Å². The summed E-state index contributed by atoms with van der Waals surface area (Å²) >= 11 is 0. The van der Waals surface area contributed by atoms with Crippen LogP contribution in [-0.2, 0) is 6.54 Å². The first kappa shape index (κ1) is 17.0. The maximum atomic E-state index is 12.4. The van der Waals surface area contributed by atoms with E-state index in [1.807, 2.05) is 42.5 Å². The fourth-order valence-corrected chi connectivity index (χ4v) is 3.31. The lowest BCUT2D eigenvalue weighted by molar-refractivity contribution is 0.641. The van der Waals surface area contributed by atoms with E-state index < -0.39 is 0 Å². The monoisotopic (exact) mass is 380 g/mol. The second-order valence-corrected chi connectivity index (χ2v) is 6.57. The Balaban J connectivity index is 1.70. The number of rotatable bonds is 4. The van der Waals surface area contributed by atoms with Crippen LogP contribution in [0.5, 0.6) is 0 Å². The standard InChI is InChI=1S/C22H16N6O/c29-20-9-8-18(25-28(20)15-16-5-4-10-23-13-16)21-19-14-24-11-12-27(19)26-22(21)17-6-2-1-3-7-17/h1-14H,15H2. The van der Waals surface area contributed by atoms with Gasteiger partial charge in [-0.25, -0.2) is 9.20 Å². The van der Waals surface area contributed by atoms with Crippen molar-refractivity contribution < 1.29 is 0 Å². The fourth-order valence-electron chi connectivity index (χ4n) is 3.31. The Kier molecular flexibility index (Phi) is 4.18. The van der Waals surface area contributed by atoms with E-state index in [1.165, 1.54) is 10.7 Å². The van der Waals surface area contributed by atoms with Gasteiger partial charge in [-0.05, 0) is 17.7 Å². The largest absolute Gasteiger partial charge is 0.268 e. The Bertz CT molecular complexity index is 1340. The van der Waals surface area contributed by atoms with Gasteiger partial charge in [-0.2, -0.15) is 10.2 Å². The highest BCUT2D eigenvalue weighted by Gasteiger charge is 2.18. The summed E-state index contributed by atoms with van der Waals surface area (Å²) < 4.78 is 3.23. The van der Waals surface area contributed by atoms with Crippen LogP contribution in [0, 0.1) is 0 Å². The molecule has 0 spiro atoms. The normalized spacial score (nSPS) is 11.0. The smallest absolute Gasteiger partial charge is 0.267 e. The van der Waals surface area contributed by atoms with Crippen LogP contribution in [0.25, 0.3) is 28.0 Å². The minimum absolute atomic E-state index is 0.173. The van der Waals surface area contributed by atoms with E-state index in [1.54, 1.807) is 41.6 Å². The summed E-state index contributed by atoms with van der Waals surface area (Å²) in [5.41, 5.74) is 4.82. The second kappa shape index (κ2) is 7.12. The lowest BCUT2D eigenvalue weighted by Gasteiger charge is -2.08. The molecule has 0 unspecified atom stereocenters. The molecule has 0 fully saturated rings. The molecule has 0 atom stereocenters. The molecule has 0 amide bonds. The zero-order valence-electron chi connectivity index (χ0n) is 15.4. The van der Waals surface area contributed by atoms with Gasteiger partial charge in [-0.1, -0.05) is 36.4 Å². The molecule has 7 heteroatoms. The van der Waals surface area contributed by atoms with Crippen molar-refractivity contribution in [1.29, 1.82) is 0 Å². The molecule has 0 N–H and O–H groups in total. The van der Waals surface area contributed by atoms with Crippen LogP contribution < -0.4 is 5.56 Å². The van der Waals surface area contributed by atoms with Gasteiger partial charge in [-0.3, -0.25) is 14.8 Å². The third-order valence-corrected chi connectivity index (χ3v) is 4.66. The summed E-state index contributed by atoms with van der Waals surface area (Å²) in [6, 6.07) is 16.9. The number of pyridine rings is 1. The Morgan fingerprint density at radius 3 is 2.52 bits per heavy atom. The van der Waals surface area contributed by atoms with Crippen molar-refractivity contribution >= 4 is 5.52 Å². The van der Waals surface area contributed by atoms with Crippen LogP contribution in [-0.4, -0.2) is 29.4 Å². The molecule has 0 radical (unpaired) electrons. The fraction of sp³-hybridized carbons (Fsp3) is 0.0455. The third kappa shape index (κ3) is 3.19. The molecule has 1 aromatic carbocycles. The number of hydrogen-bond acceptors (Lipinski definition) is 5. The maximum Gasteiger partial charge on any atom is 0.267 e. The minimum Gasteiger partial charge on any atom is -0.268 e. The molecule has 5 aromatic rings. The number of aromatic nitrogens is 6. The van der Waals surface area contributed by atoms with Crippen LogP contribution in [0.1, 0.15) is 5.56 Å². The molecule has 0 bridgehead atoms. The summed E-state index contributed by atoms with van der Waals surface area (Å²) in [5, 5.41) is 9.38. The highest BCUT2D eigenvalue weighted by molar-refractivity contribution is 5.90. The first-order chi connectivity index (χ1) is 14.3. The van der Waals surface area contributed by atoms with Gasteiger partial charge in [0.1, 0.15) is 5.69 Å². The Morgan fingerprint density at radius 2 is 1.69 bits per heavy atom. The van der Waals surface area contributed by atoms with Crippen LogP contribution in [0.2, 0.25) is 0 Å². The molecule has 5 rings (SSSR count). The summed E-state index contributed by atoms with van der Waals surface area (Å²) in [5.74, 6) is 0. The average molecular weight is 380 g/mol. The zero-order chi connectivity index (χ0) is 19.6. The van der Waals surface area contributed by atoms with Crippen molar-refractivity contribution in [2.75, 3.05) is 0 Å². The number of hydrogen-bond donors (Lipinski definition) is 0. The van der Waals surface area contributed by atoms with Crippen LogP contribution >= 0.6 is 0 Å². The van der Waals surface area contributed by atoms with E-state index in [0.717, 1.165) is 27.9 Å². The number of benzene rings is 1. The Morgan fingerprint density at radius 1 is 0.828 bits per heavy atom. The van der Waals surface area contributed by atoms with Crippen molar-refractivity contribution in [3.63, 3.8) is 0 Å². The van der Waals surface area contributed by atoms with E-state index in [-0.39, 0.29) is 5.56 Å². The van der Waals surface area contributed by atoms with E-state index >= 15 is 0 Å². The van der Waals surface area contributed by atoms with Crippen molar-refractivity contribution in [1.82, 2.24) is 29.4 Å². The molecule has 29 heavy (non-hydrogen) atoms. The van der Waals surface area contributed by atoms with E-state index in [4.69, 9.17) is 5.10 Å². The Labute approximate surface area is 165 Å². The molecule has 4 aromatic heterocycles. The van der Waals surface area contributed by atoms with Gasteiger partial charge in [-0.15, -0.1) is 0 Å². The summed E-state index contributed by atoms with van der Waals surface area (Å²) in [7, 11) is 0. The first-order valence-electron chi connectivity index (χ1n) is 9.15. The maximum absolute atomic E-state index is 12.4. The predicted molar refractivity (Wildman–Crippen MR) is 109 cm³/mol. The molecule has 0 saturated carbocycles. The Hall–Kier alpha value is -4.13. The molecular weight excluding hydrogens is 364 g/mol. The van der Waals surface area contributed by atoms with Gasteiger partial charge in [0.15, 0.2) is 0 Å². The summed E-state index contributed by atoms with van der Waals surface area (Å²) in [6.45, 7) is 0.346. The van der Waals surface area contributed by atoms with Crippen molar-refractivity contribution in [2.24, 2.45) is 0 Å². The quantitative estimate of drug-likeness (QED) is 0.479. The molecule has 4 heterocycles. The van der Waals surface area contributed by atoms with Gasteiger partial charge in [0.25, 0.3) is 5.56 Å². The molecule has 0 aliphatic carbocycles. The second-order valence-electron chi connectivity index (χ2n) is 6.57. The van der Waals surface area contributed by atoms with Crippen LogP contribution in [0.15, 0.2) is 90.4 Å². The minimum atomic E-state index is -0.173. The third-order valence-electron chi connectivity index (χ3n) is 4.66. The lowest BCUT2D eigenvalue weighted by atomic mass is 10.0. The number of fused-ring (bicyclic) bond motifs is 1. The molecule has 0 aliphatic rings. The van der Waals surface area contributed by atoms with Gasteiger partial charge >= 0.3 is 0 Å². The zero-order valence-corrected chi connectivity index (χ0v) is 15.4. The van der Waals surface area contributed by atoms with E-state index in [2.05, 4.69) is 15.1 Å². The molecule has 7 nitrogen and oxygen atoms in total. The van der Waals surface area contributed by atoms with Gasteiger partial charge < -0.3 is 0 Å².